The molecule has 2 N–H and O–H groups in total. The summed E-state index contributed by atoms with van der Waals surface area (Å²) in [4.78, 5) is 29.9. The molecular formula is C15H21NO6. The van der Waals surface area contributed by atoms with Crippen molar-refractivity contribution < 1.29 is 29.4 Å². The Labute approximate surface area is 128 Å². The smallest absolute Gasteiger partial charge is 0.265 e. The summed E-state index contributed by atoms with van der Waals surface area (Å²) in [5.74, 6) is -1.35. The molecule has 4 unspecified atom stereocenters. The predicted molar refractivity (Wildman–Crippen MR) is 76.2 cm³/mol. The summed E-state index contributed by atoms with van der Waals surface area (Å²) >= 11 is 0. The van der Waals surface area contributed by atoms with Gasteiger partial charge in [-0.2, -0.15) is 5.06 Å². The van der Waals surface area contributed by atoms with Gasteiger partial charge in [0.15, 0.2) is 11.5 Å². The molecule has 0 saturated carbocycles. The quantitative estimate of drug-likeness (QED) is 0.758. The van der Waals surface area contributed by atoms with Crippen LogP contribution in [0.3, 0.4) is 0 Å². The van der Waals surface area contributed by atoms with Gasteiger partial charge in [0, 0.05) is 7.11 Å². The third-order valence-corrected chi connectivity index (χ3v) is 4.51. The van der Waals surface area contributed by atoms with Crippen LogP contribution in [0, 0.1) is 5.41 Å². The number of aliphatic hydroxyl groups is 2. The summed E-state index contributed by atoms with van der Waals surface area (Å²) in [7, 11) is 2.58. The Hall–Kier alpha value is -1.54. The van der Waals surface area contributed by atoms with Crippen molar-refractivity contribution in [1.82, 2.24) is 5.06 Å². The van der Waals surface area contributed by atoms with Crippen LogP contribution in [0.1, 0.15) is 20.3 Å². The number of amides is 1. The van der Waals surface area contributed by atoms with Crippen molar-refractivity contribution in [3.8, 4) is 0 Å². The number of ether oxygens (including phenoxy) is 1. The number of rotatable bonds is 3. The zero-order valence-electron chi connectivity index (χ0n) is 13.1. The first-order chi connectivity index (χ1) is 10.3. The number of ketones is 1. The molecule has 1 spiro atoms. The molecule has 1 aliphatic heterocycles. The van der Waals surface area contributed by atoms with Crippen LogP contribution in [0.5, 0.6) is 0 Å². The first-order valence-electron chi connectivity index (χ1n) is 7.04. The second kappa shape index (κ2) is 5.58. The summed E-state index contributed by atoms with van der Waals surface area (Å²) in [5, 5.41) is 22.1. The molecule has 2 aliphatic rings. The topological polar surface area (TPSA) is 96.3 Å². The van der Waals surface area contributed by atoms with Crippen LogP contribution in [-0.2, 0) is 19.2 Å². The molecule has 0 radical (unpaired) electrons. The van der Waals surface area contributed by atoms with Crippen LogP contribution in [0.15, 0.2) is 23.8 Å². The number of hydrogen-bond donors (Lipinski definition) is 2. The number of aliphatic hydroxyl groups excluding tert-OH is 2. The van der Waals surface area contributed by atoms with Gasteiger partial charge in [0.1, 0.15) is 17.6 Å². The van der Waals surface area contributed by atoms with Gasteiger partial charge < -0.3 is 14.9 Å². The minimum atomic E-state index is -1.83. The van der Waals surface area contributed by atoms with Crippen molar-refractivity contribution in [1.29, 1.82) is 0 Å². The molecule has 7 nitrogen and oxygen atoms in total. The van der Waals surface area contributed by atoms with Crippen molar-refractivity contribution in [2.75, 3.05) is 14.2 Å². The number of nitrogens with zero attached hydrogens (tertiary/aromatic N) is 1. The van der Waals surface area contributed by atoms with Crippen LogP contribution in [0.2, 0.25) is 0 Å². The molecule has 1 aliphatic carbocycles. The van der Waals surface area contributed by atoms with E-state index in [-0.39, 0.29) is 0 Å². The largest absolute Gasteiger partial charge is 0.386 e. The number of allylic oxidation sites excluding steroid dienone is 2. The van der Waals surface area contributed by atoms with Gasteiger partial charge in [0.25, 0.3) is 5.91 Å². The van der Waals surface area contributed by atoms with Crippen molar-refractivity contribution in [2.24, 2.45) is 5.41 Å². The van der Waals surface area contributed by atoms with Gasteiger partial charge in [-0.05, 0) is 25.0 Å². The lowest BCUT2D eigenvalue weighted by Gasteiger charge is -2.39. The maximum atomic E-state index is 12.9. The Bertz CT molecular complexity index is 556. The molecule has 0 bridgehead atoms. The predicted octanol–water partition coefficient (Wildman–Crippen LogP) is -0.0639. The minimum Gasteiger partial charge on any atom is -0.386 e. The van der Waals surface area contributed by atoms with Gasteiger partial charge in [-0.3, -0.25) is 14.4 Å². The normalized spacial score (nSPS) is 40.3. The fraction of sp³-hybridized carbons (Fsp3) is 0.600. The van der Waals surface area contributed by atoms with E-state index in [0.717, 1.165) is 5.06 Å². The lowest BCUT2D eigenvalue weighted by molar-refractivity contribution is -0.273. The number of methoxy groups -OCH3 is 1. The highest BCUT2D eigenvalue weighted by Crippen LogP contribution is 2.52. The number of carbonyl (C=O) groups excluding carboxylic acids is 2. The zero-order chi connectivity index (χ0) is 16.7. The molecule has 2 rings (SSSR count). The maximum Gasteiger partial charge on any atom is 0.265 e. The average Bonchev–Trinajstić information content (AvgIpc) is 2.67. The van der Waals surface area contributed by atoms with Gasteiger partial charge >= 0.3 is 0 Å². The van der Waals surface area contributed by atoms with Crippen LogP contribution in [0.4, 0.5) is 0 Å². The van der Waals surface area contributed by atoms with E-state index in [1.165, 1.54) is 33.3 Å². The van der Waals surface area contributed by atoms with Gasteiger partial charge in [0.2, 0.25) is 0 Å². The molecule has 1 heterocycles. The fourth-order valence-corrected chi connectivity index (χ4v) is 3.27. The molecule has 1 amide bonds. The summed E-state index contributed by atoms with van der Waals surface area (Å²) in [5.41, 5.74) is -2.98. The maximum absolute atomic E-state index is 12.9. The Morgan fingerprint density at radius 1 is 1.32 bits per heavy atom. The molecule has 7 heteroatoms. The molecule has 4 atom stereocenters. The molecule has 1 fully saturated rings. The first-order valence-corrected chi connectivity index (χ1v) is 7.04. The SMILES string of the molecule is CCC=C1C=CC(=O)C(O)C12C(=O)N(OC)C(C)(OC)C2O. The van der Waals surface area contributed by atoms with E-state index in [9.17, 15) is 19.8 Å². The molecule has 1 saturated heterocycles. The summed E-state index contributed by atoms with van der Waals surface area (Å²) in [6.07, 6.45) is 1.74. The van der Waals surface area contributed by atoms with Crippen LogP contribution < -0.4 is 0 Å². The Balaban J connectivity index is 2.73. The van der Waals surface area contributed by atoms with Crippen molar-refractivity contribution in [2.45, 2.75) is 38.2 Å². The molecule has 22 heavy (non-hydrogen) atoms. The van der Waals surface area contributed by atoms with E-state index < -0.39 is 35.0 Å². The molecule has 122 valence electrons. The lowest BCUT2D eigenvalue weighted by Crippen LogP contribution is -2.56. The highest BCUT2D eigenvalue weighted by atomic mass is 16.7. The van der Waals surface area contributed by atoms with Crippen LogP contribution in [-0.4, -0.2) is 59.1 Å². The lowest BCUT2D eigenvalue weighted by atomic mass is 9.66. The molecule has 0 aromatic rings. The van der Waals surface area contributed by atoms with E-state index >= 15 is 0 Å². The third kappa shape index (κ3) is 1.83. The molecular weight excluding hydrogens is 290 g/mol. The van der Waals surface area contributed by atoms with E-state index in [2.05, 4.69) is 0 Å². The number of carbonyl (C=O) groups is 2. The van der Waals surface area contributed by atoms with Crippen LogP contribution in [0.25, 0.3) is 0 Å². The second-order valence-corrected chi connectivity index (χ2v) is 5.52. The highest BCUT2D eigenvalue weighted by Gasteiger charge is 2.71. The number of hydroxylamine groups is 2. The third-order valence-electron chi connectivity index (χ3n) is 4.51. The Kier molecular flexibility index (Phi) is 4.27. The number of hydrogen-bond acceptors (Lipinski definition) is 6. The fourth-order valence-electron chi connectivity index (χ4n) is 3.27. The van der Waals surface area contributed by atoms with E-state index in [1.807, 2.05) is 6.92 Å². The summed E-state index contributed by atoms with van der Waals surface area (Å²) < 4.78 is 5.28. The van der Waals surface area contributed by atoms with E-state index in [4.69, 9.17) is 9.57 Å². The van der Waals surface area contributed by atoms with Crippen LogP contribution >= 0.6 is 0 Å². The highest BCUT2D eigenvalue weighted by molar-refractivity contribution is 6.05. The van der Waals surface area contributed by atoms with Crippen molar-refractivity contribution >= 4 is 11.7 Å². The Morgan fingerprint density at radius 3 is 2.41 bits per heavy atom. The minimum absolute atomic E-state index is 0.377. The standard InChI is InChI=1S/C15H21NO6/c1-5-6-9-7-8-10(17)11(18)15(9)12(19)14(2,21-3)16(22-4)13(15)20/h6-8,11-12,18-19H,5H2,1-4H3. The molecule has 0 aromatic carbocycles. The molecule has 0 aromatic heterocycles. The first kappa shape index (κ1) is 16.8. The zero-order valence-corrected chi connectivity index (χ0v) is 13.1. The van der Waals surface area contributed by atoms with Gasteiger partial charge in [-0.25, -0.2) is 0 Å². The summed E-state index contributed by atoms with van der Waals surface area (Å²) in [6, 6.07) is 0. The average molecular weight is 311 g/mol. The van der Waals surface area contributed by atoms with Gasteiger partial charge in [0.05, 0.1) is 7.11 Å². The summed E-state index contributed by atoms with van der Waals surface area (Å²) in [6.45, 7) is 3.32. The van der Waals surface area contributed by atoms with Crippen molar-refractivity contribution in [3.05, 3.63) is 23.8 Å². The Morgan fingerprint density at radius 2 is 1.95 bits per heavy atom. The van der Waals surface area contributed by atoms with Gasteiger partial charge in [-0.15, -0.1) is 0 Å². The monoisotopic (exact) mass is 311 g/mol. The second-order valence-electron chi connectivity index (χ2n) is 5.52. The van der Waals surface area contributed by atoms with E-state index in [0.29, 0.717) is 12.0 Å². The van der Waals surface area contributed by atoms with Gasteiger partial charge in [-0.1, -0.05) is 19.1 Å². The van der Waals surface area contributed by atoms with E-state index in [1.54, 1.807) is 6.08 Å². The van der Waals surface area contributed by atoms with Crippen molar-refractivity contribution in [3.63, 3.8) is 0 Å².